The first-order valence-corrected chi connectivity index (χ1v) is 31.4. The fourth-order valence-electron chi connectivity index (χ4n) is 8.47. The number of rotatable bonds is 56. The molecule has 0 fully saturated rings. The molecule has 0 aliphatic carbocycles. The maximum atomic E-state index is 12.7. The zero-order chi connectivity index (χ0) is 52.4. The van der Waals surface area contributed by atoms with Crippen molar-refractivity contribution in [2.45, 2.75) is 283 Å². The van der Waals surface area contributed by atoms with Gasteiger partial charge >= 0.3 is 19.8 Å². The Hall–Kier alpha value is -2.55. The lowest BCUT2D eigenvalue weighted by Crippen LogP contribution is -2.29. The van der Waals surface area contributed by atoms with Crippen LogP contribution in [-0.4, -0.2) is 49.3 Å². The summed E-state index contributed by atoms with van der Waals surface area (Å²) in [5, 5.41) is 0. The molecule has 9 nitrogen and oxygen atoms in total. The van der Waals surface area contributed by atoms with Crippen LogP contribution in [0.25, 0.3) is 0 Å². The number of ether oxygens (including phenoxy) is 2. The summed E-state index contributed by atoms with van der Waals surface area (Å²) in [6.45, 7) is 3.66. The highest BCUT2D eigenvalue weighted by molar-refractivity contribution is 7.47. The minimum Gasteiger partial charge on any atom is -0.462 e. The molecule has 2 unspecified atom stereocenters. The van der Waals surface area contributed by atoms with E-state index in [9.17, 15) is 19.0 Å². The Labute approximate surface area is 443 Å². The van der Waals surface area contributed by atoms with E-state index in [1.165, 1.54) is 167 Å². The van der Waals surface area contributed by atoms with Gasteiger partial charge in [-0.2, -0.15) is 0 Å². The second-order valence-electron chi connectivity index (χ2n) is 19.8. The van der Waals surface area contributed by atoms with Gasteiger partial charge in [0.15, 0.2) is 6.10 Å². The summed E-state index contributed by atoms with van der Waals surface area (Å²) in [4.78, 5) is 35.2. The van der Waals surface area contributed by atoms with E-state index in [-0.39, 0.29) is 38.6 Å². The molecule has 0 radical (unpaired) electrons. The molecule has 0 aromatic carbocycles. The first-order valence-electron chi connectivity index (χ1n) is 29.9. The van der Waals surface area contributed by atoms with Crippen LogP contribution in [0.2, 0.25) is 0 Å². The molecule has 0 spiro atoms. The zero-order valence-corrected chi connectivity index (χ0v) is 47.5. The number of hydrogen-bond donors (Lipinski definition) is 2. The smallest absolute Gasteiger partial charge is 0.462 e. The van der Waals surface area contributed by atoms with Crippen molar-refractivity contribution in [1.29, 1.82) is 0 Å². The topological polar surface area (TPSA) is 134 Å². The number of phosphoric ester groups is 1. The molecule has 0 bridgehead atoms. The van der Waals surface area contributed by atoms with Crippen LogP contribution < -0.4 is 5.73 Å². The fraction of sp³-hybridized carbons (Fsp3) is 0.774. The minimum absolute atomic E-state index is 0.0537. The van der Waals surface area contributed by atoms with Crippen molar-refractivity contribution >= 4 is 19.8 Å². The molecule has 72 heavy (non-hydrogen) atoms. The van der Waals surface area contributed by atoms with Gasteiger partial charge in [-0.15, -0.1) is 0 Å². The number of phosphoric acid groups is 1. The number of unbranched alkanes of at least 4 members (excludes halogenated alkanes) is 31. The number of hydrogen-bond acceptors (Lipinski definition) is 8. The van der Waals surface area contributed by atoms with E-state index in [0.717, 1.165) is 77.0 Å². The van der Waals surface area contributed by atoms with E-state index in [4.69, 9.17) is 24.3 Å². The Morgan fingerprint density at radius 3 is 1.14 bits per heavy atom. The summed E-state index contributed by atoms with van der Waals surface area (Å²) in [5.74, 6) is -0.817. The van der Waals surface area contributed by atoms with Crippen LogP contribution in [0.5, 0.6) is 0 Å². The van der Waals surface area contributed by atoms with E-state index in [1.54, 1.807) is 0 Å². The number of nitrogens with two attached hydrogens (primary N) is 1. The molecule has 0 rings (SSSR count). The molecule has 0 heterocycles. The second kappa shape index (κ2) is 57.7. The van der Waals surface area contributed by atoms with Gasteiger partial charge in [-0.25, -0.2) is 4.57 Å². The van der Waals surface area contributed by atoms with Crippen molar-refractivity contribution in [2.75, 3.05) is 26.4 Å². The predicted octanol–water partition coefficient (Wildman–Crippen LogP) is 18.9. The monoisotopic (exact) mass is 1030 g/mol. The van der Waals surface area contributed by atoms with Crippen molar-refractivity contribution in [2.24, 2.45) is 5.73 Å². The maximum Gasteiger partial charge on any atom is 0.472 e. The van der Waals surface area contributed by atoms with Crippen molar-refractivity contribution < 1.29 is 37.6 Å². The van der Waals surface area contributed by atoms with E-state index in [2.05, 4.69) is 86.8 Å². The van der Waals surface area contributed by atoms with E-state index in [1.807, 2.05) is 0 Å². The van der Waals surface area contributed by atoms with Gasteiger partial charge in [0.2, 0.25) is 0 Å². The quantitative estimate of drug-likeness (QED) is 0.0264. The van der Waals surface area contributed by atoms with Crippen LogP contribution in [0.4, 0.5) is 0 Å². The Morgan fingerprint density at radius 1 is 0.431 bits per heavy atom. The first-order chi connectivity index (χ1) is 35.3. The highest BCUT2D eigenvalue weighted by atomic mass is 31.2. The molecule has 10 heteroatoms. The van der Waals surface area contributed by atoms with Gasteiger partial charge in [0.1, 0.15) is 6.61 Å². The van der Waals surface area contributed by atoms with Gasteiger partial charge in [0, 0.05) is 19.4 Å². The zero-order valence-electron chi connectivity index (χ0n) is 46.7. The molecule has 0 saturated carbocycles. The molecule has 0 aromatic heterocycles. The van der Waals surface area contributed by atoms with Gasteiger partial charge in [0.25, 0.3) is 0 Å². The van der Waals surface area contributed by atoms with Crippen LogP contribution in [0.15, 0.2) is 72.9 Å². The largest absolute Gasteiger partial charge is 0.472 e. The van der Waals surface area contributed by atoms with Crippen molar-refractivity contribution in [3.8, 4) is 0 Å². The number of esters is 2. The molecule has 0 aliphatic rings. The Balaban J connectivity index is 3.88. The molecule has 0 aromatic rings. The normalized spacial score (nSPS) is 13.6. The average molecular weight is 1030 g/mol. The van der Waals surface area contributed by atoms with Crippen LogP contribution >= 0.6 is 7.82 Å². The van der Waals surface area contributed by atoms with Crippen molar-refractivity contribution in [3.05, 3.63) is 72.9 Å². The highest BCUT2D eigenvalue weighted by Crippen LogP contribution is 2.43. The lowest BCUT2D eigenvalue weighted by atomic mass is 10.0. The van der Waals surface area contributed by atoms with Gasteiger partial charge in [-0.1, -0.05) is 273 Å². The summed E-state index contributed by atoms with van der Waals surface area (Å²) in [5.41, 5.74) is 5.38. The van der Waals surface area contributed by atoms with E-state index >= 15 is 0 Å². The third kappa shape index (κ3) is 56.7. The maximum absolute atomic E-state index is 12.7. The summed E-state index contributed by atoms with van der Waals surface area (Å²) < 4.78 is 33.0. The predicted molar refractivity (Wildman–Crippen MR) is 307 cm³/mol. The third-order valence-corrected chi connectivity index (χ3v) is 13.8. The molecule has 0 aliphatic heterocycles. The Morgan fingerprint density at radius 2 is 0.764 bits per heavy atom. The van der Waals surface area contributed by atoms with E-state index in [0.29, 0.717) is 6.42 Å². The molecule has 418 valence electrons. The first kappa shape index (κ1) is 69.5. The number of allylic oxidation sites excluding steroid dienone is 12. The fourth-order valence-corrected chi connectivity index (χ4v) is 9.23. The Kier molecular flexibility index (Phi) is 55.7. The van der Waals surface area contributed by atoms with Crippen molar-refractivity contribution in [1.82, 2.24) is 0 Å². The highest BCUT2D eigenvalue weighted by Gasteiger charge is 2.26. The third-order valence-electron chi connectivity index (χ3n) is 12.9. The molecular weight excluding hydrogens is 918 g/mol. The van der Waals surface area contributed by atoms with Crippen molar-refractivity contribution in [3.63, 3.8) is 0 Å². The van der Waals surface area contributed by atoms with Gasteiger partial charge in [-0.3, -0.25) is 18.6 Å². The Bertz CT molecular complexity index is 1410. The molecule has 0 saturated heterocycles. The van der Waals surface area contributed by atoms with E-state index < -0.39 is 26.5 Å². The molecular formula is C62H112NO8P. The summed E-state index contributed by atoms with van der Waals surface area (Å²) in [7, 11) is -4.39. The minimum atomic E-state index is -4.39. The standard InChI is InChI=1S/C62H112NO8P/c1-3-5-7-9-11-13-15-17-19-21-22-23-24-25-26-27-28-29-30-31-32-33-34-35-36-37-38-39-41-43-45-47-49-51-53-55-62(65)71-60(59-70-72(66,67)69-57-56-63)58-68-61(64)54-52-50-48-46-44-42-40-20-18-16-14-12-10-8-6-4-2/h5,7,11,13,17,19,22-23,25-26,28-29,60H,3-4,6,8-10,12,14-16,18,20-21,24,27,30-59,63H2,1-2H3,(H,66,67)/b7-5-,13-11-,19-17-,23-22-,26-25-,29-28-. The van der Waals surface area contributed by atoms with Gasteiger partial charge in [-0.05, 0) is 64.2 Å². The number of carbonyl (C=O) groups is 2. The van der Waals surface area contributed by atoms with Crippen LogP contribution in [0, 0.1) is 0 Å². The van der Waals surface area contributed by atoms with Gasteiger partial charge in [0.05, 0.1) is 13.2 Å². The number of carbonyl (C=O) groups excluding carboxylic acids is 2. The summed E-state index contributed by atoms with van der Waals surface area (Å²) in [6.07, 6.45) is 73.9. The summed E-state index contributed by atoms with van der Waals surface area (Å²) in [6, 6.07) is 0. The van der Waals surface area contributed by atoms with Crippen LogP contribution in [-0.2, 0) is 32.7 Å². The lowest BCUT2D eigenvalue weighted by Gasteiger charge is -2.19. The molecule has 3 N–H and O–H groups in total. The molecule has 0 amide bonds. The van der Waals surface area contributed by atoms with Crippen LogP contribution in [0.1, 0.15) is 277 Å². The molecule has 2 atom stereocenters. The van der Waals surface area contributed by atoms with Crippen LogP contribution in [0.3, 0.4) is 0 Å². The summed E-state index contributed by atoms with van der Waals surface area (Å²) >= 11 is 0. The lowest BCUT2D eigenvalue weighted by molar-refractivity contribution is -0.161. The van der Waals surface area contributed by atoms with Gasteiger partial charge < -0.3 is 20.1 Å². The second-order valence-corrected chi connectivity index (χ2v) is 21.3. The SMILES string of the molecule is CC/C=C\C/C=C\C/C=C\C/C=C\C/C=C\C/C=C\CCCCCCCCCCCCCCCCCCC(=O)OC(COC(=O)CCCCCCCCCCCCCCCCCC)COP(=O)(O)OCCN. The average Bonchev–Trinajstić information content (AvgIpc) is 3.37.